The summed E-state index contributed by atoms with van der Waals surface area (Å²) in [5.74, 6) is 0. The summed E-state index contributed by atoms with van der Waals surface area (Å²) < 4.78 is 0. The van der Waals surface area contributed by atoms with Gasteiger partial charge in [0.15, 0.2) is 0 Å². The summed E-state index contributed by atoms with van der Waals surface area (Å²) in [7, 11) is 0. The summed E-state index contributed by atoms with van der Waals surface area (Å²) in [6, 6.07) is 21.8. The van der Waals surface area contributed by atoms with Gasteiger partial charge >= 0.3 is 0 Å². The molecule has 0 radical (unpaired) electrons. The first-order valence-corrected chi connectivity index (χ1v) is 5.57. The van der Waals surface area contributed by atoms with Crippen LogP contribution in [0.25, 0.3) is 33.0 Å². The van der Waals surface area contributed by atoms with Crippen LogP contribution in [0, 0.1) is 0 Å². The van der Waals surface area contributed by atoms with Crippen molar-refractivity contribution in [2.45, 2.75) is 22.3 Å². The highest BCUT2D eigenvalue weighted by molar-refractivity contribution is 6.15. The van der Waals surface area contributed by atoms with Crippen molar-refractivity contribution >= 4 is 10.8 Å². The molecule has 0 bridgehead atoms. The van der Waals surface area contributed by atoms with Crippen molar-refractivity contribution < 1.29 is 0 Å². The fourth-order valence-electron chi connectivity index (χ4n) is 2.74. The topological polar surface area (TPSA) is 0 Å². The van der Waals surface area contributed by atoms with Crippen LogP contribution >= 0.6 is 0 Å². The molecule has 0 heteroatoms. The number of rotatable bonds is 0. The minimum absolute atomic E-state index is 0. The molecular weight excluding hydrogens is 228 g/mol. The standard InChI is InChI=1S/C16H10.3CH4/c1-2-8-13-12(7-1)14-9-3-5-11-6-4-10-15(13)16(11)14;;;/h1-10H;3*1H4. The van der Waals surface area contributed by atoms with Crippen LogP contribution in [-0.2, 0) is 0 Å². The third-order valence-corrected chi connectivity index (χ3v) is 3.41. The number of hydrogen-bond donors (Lipinski definition) is 0. The van der Waals surface area contributed by atoms with Crippen molar-refractivity contribution in [1.29, 1.82) is 0 Å². The van der Waals surface area contributed by atoms with E-state index in [0.29, 0.717) is 0 Å². The van der Waals surface area contributed by atoms with Gasteiger partial charge in [0.25, 0.3) is 0 Å². The molecule has 0 N–H and O–H groups in total. The molecule has 3 aromatic rings. The van der Waals surface area contributed by atoms with E-state index in [1.807, 2.05) is 0 Å². The number of fused-ring (bicyclic) bond motifs is 3. The zero-order chi connectivity index (χ0) is 10.5. The maximum absolute atomic E-state index is 2.22. The molecule has 0 unspecified atom stereocenters. The smallest absolute Gasteiger partial charge is 0.00264 e. The van der Waals surface area contributed by atoms with Crippen molar-refractivity contribution in [3.63, 3.8) is 0 Å². The van der Waals surface area contributed by atoms with Crippen molar-refractivity contribution in [2.24, 2.45) is 0 Å². The van der Waals surface area contributed by atoms with E-state index in [1.165, 1.54) is 33.0 Å². The lowest BCUT2D eigenvalue weighted by molar-refractivity contribution is 1.70. The first kappa shape index (κ1) is 15.0. The minimum atomic E-state index is 0. The molecule has 0 atom stereocenters. The number of benzene rings is 3. The lowest BCUT2D eigenvalue weighted by atomic mass is 10.0. The Morgan fingerprint density at radius 2 is 0.842 bits per heavy atom. The van der Waals surface area contributed by atoms with Gasteiger partial charge in [-0.1, -0.05) is 82.9 Å². The van der Waals surface area contributed by atoms with Gasteiger partial charge in [0.2, 0.25) is 0 Å². The van der Waals surface area contributed by atoms with Crippen LogP contribution in [-0.4, -0.2) is 0 Å². The van der Waals surface area contributed by atoms with Gasteiger partial charge < -0.3 is 0 Å². The normalized spacial score (nSPS) is 9.89. The van der Waals surface area contributed by atoms with E-state index in [0.717, 1.165) is 0 Å². The average molecular weight is 250 g/mol. The van der Waals surface area contributed by atoms with Crippen LogP contribution in [0.15, 0.2) is 60.7 Å². The summed E-state index contributed by atoms with van der Waals surface area (Å²) in [5.41, 5.74) is 5.50. The highest BCUT2D eigenvalue weighted by Crippen LogP contribution is 2.46. The molecule has 0 fully saturated rings. The Kier molecular flexibility index (Phi) is 4.16. The van der Waals surface area contributed by atoms with Gasteiger partial charge in [-0.15, -0.1) is 0 Å². The maximum Gasteiger partial charge on any atom is -0.00264 e. The summed E-state index contributed by atoms with van der Waals surface area (Å²) in [4.78, 5) is 0. The maximum atomic E-state index is 2.22. The predicted molar refractivity (Wildman–Crippen MR) is 88.6 cm³/mol. The molecule has 0 aliphatic heterocycles. The van der Waals surface area contributed by atoms with Crippen LogP contribution in [0.5, 0.6) is 0 Å². The summed E-state index contributed by atoms with van der Waals surface area (Å²) >= 11 is 0. The molecule has 4 rings (SSSR count). The van der Waals surface area contributed by atoms with E-state index in [1.54, 1.807) is 0 Å². The van der Waals surface area contributed by atoms with E-state index >= 15 is 0 Å². The highest BCUT2D eigenvalue weighted by Gasteiger charge is 2.19. The van der Waals surface area contributed by atoms with E-state index in [4.69, 9.17) is 0 Å². The van der Waals surface area contributed by atoms with Gasteiger partial charge in [0, 0.05) is 0 Å². The van der Waals surface area contributed by atoms with E-state index < -0.39 is 0 Å². The Labute approximate surface area is 116 Å². The molecule has 19 heavy (non-hydrogen) atoms. The second kappa shape index (κ2) is 5.27. The van der Waals surface area contributed by atoms with E-state index in [-0.39, 0.29) is 22.3 Å². The Morgan fingerprint density at radius 3 is 1.32 bits per heavy atom. The second-order valence-electron chi connectivity index (χ2n) is 4.25. The molecule has 0 heterocycles. The highest BCUT2D eigenvalue weighted by atomic mass is 14.2. The van der Waals surface area contributed by atoms with Gasteiger partial charge in [-0.25, -0.2) is 0 Å². The van der Waals surface area contributed by atoms with Gasteiger partial charge in [-0.3, -0.25) is 0 Å². The van der Waals surface area contributed by atoms with Crippen molar-refractivity contribution in [3.05, 3.63) is 60.7 Å². The molecule has 1 aliphatic carbocycles. The fraction of sp³-hybridized carbons (Fsp3) is 0.158. The summed E-state index contributed by atoms with van der Waals surface area (Å²) in [6.45, 7) is 0. The Morgan fingerprint density at radius 1 is 0.421 bits per heavy atom. The number of hydrogen-bond acceptors (Lipinski definition) is 0. The van der Waals surface area contributed by atoms with E-state index in [2.05, 4.69) is 60.7 Å². The molecule has 3 aromatic carbocycles. The fourth-order valence-corrected chi connectivity index (χ4v) is 2.74. The van der Waals surface area contributed by atoms with Crippen molar-refractivity contribution in [2.75, 3.05) is 0 Å². The minimum Gasteiger partial charge on any atom is -0.0776 e. The van der Waals surface area contributed by atoms with Crippen LogP contribution in [0.4, 0.5) is 0 Å². The molecule has 1 aliphatic rings. The third kappa shape index (κ3) is 1.84. The molecule has 98 valence electrons. The predicted octanol–water partition coefficient (Wildman–Crippen LogP) is 6.40. The van der Waals surface area contributed by atoms with E-state index in [9.17, 15) is 0 Å². The summed E-state index contributed by atoms with van der Waals surface area (Å²) in [5, 5.41) is 2.75. The van der Waals surface area contributed by atoms with Gasteiger partial charge in [0.1, 0.15) is 0 Å². The quantitative estimate of drug-likeness (QED) is 0.339. The van der Waals surface area contributed by atoms with Crippen LogP contribution in [0.2, 0.25) is 0 Å². The van der Waals surface area contributed by atoms with Crippen molar-refractivity contribution in [1.82, 2.24) is 0 Å². The molecular formula is C19H22. The Bertz CT molecular complexity index is 650. The SMILES string of the molecule is C.C.C.c1ccc2c(c1)-c1cccc3cccc-2c13. The van der Waals surface area contributed by atoms with Crippen LogP contribution in [0.3, 0.4) is 0 Å². The molecule has 0 aromatic heterocycles. The molecule has 0 nitrogen and oxygen atoms in total. The lowest BCUT2D eigenvalue weighted by Crippen LogP contribution is -1.73. The monoisotopic (exact) mass is 250 g/mol. The average Bonchev–Trinajstić information content (AvgIpc) is 2.68. The zero-order valence-electron chi connectivity index (χ0n) is 8.77. The Hall–Kier alpha value is -2.08. The first-order chi connectivity index (χ1) is 7.95. The Balaban J connectivity index is 0.000000602. The third-order valence-electron chi connectivity index (χ3n) is 3.41. The van der Waals surface area contributed by atoms with Crippen LogP contribution in [0.1, 0.15) is 22.3 Å². The van der Waals surface area contributed by atoms with Gasteiger partial charge in [-0.05, 0) is 33.0 Å². The summed E-state index contributed by atoms with van der Waals surface area (Å²) in [6.07, 6.45) is 0. The first-order valence-electron chi connectivity index (χ1n) is 5.57. The molecule has 0 saturated heterocycles. The lowest BCUT2D eigenvalue weighted by Gasteiger charge is -2.00. The zero-order valence-corrected chi connectivity index (χ0v) is 8.77. The molecule has 0 amide bonds. The molecule has 0 saturated carbocycles. The second-order valence-corrected chi connectivity index (χ2v) is 4.25. The largest absolute Gasteiger partial charge is 0.0776 e. The van der Waals surface area contributed by atoms with Gasteiger partial charge in [0.05, 0.1) is 0 Å². The molecule has 0 spiro atoms. The van der Waals surface area contributed by atoms with Gasteiger partial charge in [-0.2, -0.15) is 0 Å². The van der Waals surface area contributed by atoms with Crippen molar-refractivity contribution in [3.8, 4) is 22.3 Å². The van der Waals surface area contributed by atoms with Crippen LogP contribution < -0.4 is 0 Å².